The smallest absolute Gasteiger partial charge is 0.335 e. The largest absolute Gasteiger partial charge is 0.488 e. The van der Waals surface area contributed by atoms with E-state index in [0.717, 1.165) is 31.6 Å². The molecule has 1 heterocycles. The fourth-order valence-electron chi connectivity index (χ4n) is 3.72. The first kappa shape index (κ1) is 23.4. The third-order valence-electron chi connectivity index (χ3n) is 5.46. The average Bonchev–Trinajstić information content (AvgIpc) is 2.78. The molecule has 0 aromatic heterocycles. The highest BCUT2D eigenvalue weighted by Gasteiger charge is 2.37. The van der Waals surface area contributed by atoms with Crippen LogP contribution in [0.25, 0.3) is 6.08 Å². The summed E-state index contributed by atoms with van der Waals surface area (Å²) < 4.78 is 6.78. The summed E-state index contributed by atoms with van der Waals surface area (Å²) in [5.74, 6) is -0.929. The molecule has 0 atom stereocenters. The Morgan fingerprint density at radius 1 is 0.941 bits per heavy atom. The maximum absolute atomic E-state index is 13.4. The van der Waals surface area contributed by atoms with Crippen LogP contribution >= 0.6 is 15.9 Å². The molecule has 3 aromatic carbocycles. The molecule has 7 heteroatoms. The highest BCUT2D eigenvalue weighted by molar-refractivity contribution is 9.10. The van der Waals surface area contributed by atoms with Gasteiger partial charge in [0.25, 0.3) is 11.8 Å². The zero-order chi connectivity index (χ0) is 24.4. The standard InChI is InChI=1S/C27H23BrN2O4/c1-16-5-4-6-19(11-16)15-34-24-10-9-21(28)13-20(24)14-22-25(31)29-27(33)30(26(22)32)23-12-17(2)7-8-18(23)3/h4-14H,15H2,1-3H3,(H,29,31,33)/b22-14+. The minimum atomic E-state index is -0.772. The Kier molecular flexibility index (Phi) is 6.65. The quantitative estimate of drug-likeness (QED) is 0.351. The van der Waals surface area contributed by atoms with E-state index in [1.54, 1.807) is 25.1 Å². The second kappa shape index (κ2) is 9.65. The van der Waals surface area contributed by atoms with Gasteiger partial charge in [0.05, 0.1) is 5.69 Å². The van der Waals surface area contributed by atoms with Gasteiger partial charge in [-0.25, -0.2) is 9.69 Å². The van der Waals surface area contributed by atoms with E-state index in [9.17, 15) is 14.4 Å². The van der Waals surface area contributed by atoms with Crippen LogP contribution in [0.2, 0.25) is 0 Å². The molecule has 0 unspecified atom stereocenters. The van der Waals surface area contributed by atoms with Crippen LogP contribution in [-0.2, 0) is 16.2 Å². The molecule has 4 rings (SSSR count). The summed E-state index contributed by atoms with van der Waals surface area (Å²) in [7, 11) is 0. The lowest BCUT2D eigenvalue weighted by molar-refractivity contribution is -0.122. The Morgan fingerprint density at radius 2 is 1.71 bits per heavy atom. The number of rotatable bonds is 5. The molecule has 0 radical (unpaired) electrons. The number of imide groups is 2. The van der Waals surface area contributed by atoms with E-state index in [-0.39, 0.29) is 5.57 Å². The minimum Gasteiger partial charge on any atom is -0.488 e. The predicted molar refractivity (Wildman–Crippen MR) is 135 cm³/mol. The number of aryl methyl sites for hydroxylation is 3. The van der Waals surface area contributed by atoms with Crippen LogP contribution in [0.4, 0.5) is 10.5 Å². The molecule has 0 aliphatic carbocycles. The summed E-state index contributed by atoms with van der Waals surface area (Å²) in [6.45, 7) is 6.01. The Morgan fingerprint density at radius 3 is 2.47 bits per heavy atom. The maximum atomic E-state index is 13.4. The number of hydrogen-bond acceptors (Lipinski definition) is 4. The van der Waals surface area contributed by atoms with Gasteiger partial charge in [0, 0.05) is 10.0 Å². The third-order valence-corrected chi connectivity index (χ3v) is 5.95. The van der Waals surface area contributed by atoms with Gasteiger partial charge >= 0.3 is 6.03 Å². The summed E-state index contributed by atoms with van der Waals surface area (Å²) in [5, 5.41) is 2.28. The Labute approximate surface area is 206 Å². The van der Waals surface area contributed by atoms with Crippen molar-refractivity contribution in [2.75, 3.05) is 4.90 Å². The van der Waals surface area contributed by atoms with Crippen molar-refractivity contribution in [1.29, 1.82) is 0 Å². The number of halogens is 1. The summed E-state index contributed by atoms with van der Waals surface area (Å²) in [6, 6.07) is 18.0. The number of amides is 4. The van der Waals surface area contributed by atoms with Crippen molar-refractivity contribution in [2.24, 2.45) is 0 Å². The van der Waals surface area contributed by atoms with Gasteiger partial charge in [-0.1, -0.05) is 57.9 Å². The summed E-state index contributed by atoms with van der Waals surface area (Å²) in [6.07, 6.45) is 1.46. The molecule has 1 aliphatic heterocycles. The zero-order valence-electron chi connectivity index (χ0n) is 19.0. The molecule has 3 aromatic rings. The van der Waals surface area contributed by atoms with Crippen molar-refractivity contribution >= 4 is 45.5 Å². The summed E-state index contributed by atoms with van der Waals surface area (Å²) in [5.41, 5.74) is 4.58. The van der Waals surface area contributed by atoms with Crippen molar-refractivity contribution < 1.29 is 19.1 Å². The first-order chi connectivity index (χ1) is 16.2. The van der Waals surface area contributed by atoms with Gasteiger partial charge in [-0.05, 0) is 67.8 Å². The van der Waals surface area contributed by atoms with E-state index in [1.165, 1.54) is 6.08 Å². The number of nitrogens with zero attached hydrogens (tertiary/aromatic N) is 1. The number of anilines is 1. The monoisotopic (exact) mass is 518 g/mol. The maximum Gasteiger partial charge on any atom is 0.335 e. The molecule has 1 N–H and O–H groups in total. The molecule has 0 saturated carbocycles. The van der Waals surface area contributed by atoms with Crippen molar-refractivity contribution in [3.05, 3.63) is 98.5 Å². The lowest BCUT2D eigenvalue weighted by Crippen LogP contribution is -2.54. The molecule has 172 valence electrons. The van der Waals surface area contributed by atoms with E-state index in [1.807, 2.05) is 56.3 Å². The predicted octanol–water partition coefficient (Wildman–Crippen LogP) is 5.62. The number of urea groups is 1. The number of hydrogen-bond donors (Lipinski definition) is 1. The van der Waals surface area contributed by atoms with Gasteiger partial charge in [0.1, 0.15) is 17.9 Å². The van der Waals surface area contributed by atoms with Crippen LogP contribution < -0.4 is 15.0 Å². The molecule has 34 heavy (non-hydrogen) atoms. The molecule has 0 spiro atoms. The van der Waals surface area contributed by atoms with E-state index >= 15 is 0 Å². The summed E-state index contributed by atoms with van der Waals surface area (Å²) >= 11 is 3.44. The first-order valence-corrected chi connectivity index (χ1v) is 11.5. The van der Waals surface area contributed by atoms with Crippen LogP contribution in [0.1, 0.15) is 27.8 Å². The van der Waals surface area contributed by atoms with E-state index in [2.05, 4.69) is 21.2 Å². The second-order valence-electron chi connectivity index (χ2n) is 8.21. The van der Waals surface area contributed by atoms with Crippen LogP contribution in [0.3, 0.4) is 0 Å². The van der Waals surface area contributed by atoms with Gasteiger partial charge in [0.15, 0.2) is 0 Å². The van der Waals surface area contributed by atoms with Gasteiger partial charge in [-0.3, -0.25) is 14.9 Å². The molecule has 1 fully saturated rings. The number of barbiturate groups is 1. The minimum absolute atomic E-state index is 0.154. The molecule has 4 amide bonds. The highest BCUT2D eigenvalue weighted by Crippen LogP contribution is 2.30. The lowest BCUT2D eigenvalue weighted by Gasteiger charge is -2.28. The first-order valence-electron chi connectivity index (χ1n) is 10.7. The molecular weight excluding hydrogens is 496 g/mol. The van der Waals surface area contributed by atoms with Crippen molar-refractivity contribution in [1.82, 2.24) is 5.32 Å². The number of nitrogens with one attached hydrogen (secondary N) is 1. The second-order valence-corrected chi connectivity index (χ2v) is 9.12. The topological polar surface area (TPSA) is 75.7 Å². The molecule has 1 aliphatic rings. The number of benzene rings is 3. The Balaban J connectivity index is 1.70. The van der Waals surface area contributed by atoms with Crippen LogP contribution in [0, 0.1) is 20.8 Å². The third kappa shape index (κ3) is 4.94. The Bertz CT molecular complexity index is 1350. The lowest BCUT2D eigenvalue weighted by atomic mass is 10.0. The average molecular weight is 519 g/mol. The van der Waals surface area contributed by atoms with E-state index in [4.69, 9.17) is 4.74 Å². The number of ether oxygens (including phenoxy) is 1. The van der Waals surface area contributed by atoms with Gasteiger partial charge < -0.3 is 4.74 Å². The SMILES string of the molecule is Cc1cccc(COc2ccc(Br)cc2/C=C2\C(=O)NC(=O)N(c3cc(C)ccc3C)C2=O)c1. The molecular formula is C27H23BrN2O4. The summed E-state index contributed by atoms with van der Waals surface area (Å²) in [4.78, 5) is 39.6. The van der Waals surface area contributed by atoms with Crippen molar-refractivity contribution in [3.63, 3.8) is 0 Å². The normalized spacial score (nSPS) is 15.0. The number of carbonyl (C=O) groups excluding carboxylic acids is 3. The molecule has 1 saturated heterocycles. The van der Waals surface area contributed by atoms with Crippen molar-refractivity contribution in [2.45, 2.75) is 27.4 Å². The van der Waals surface area contributed by atoms with Gasteiger partial charge in [-0.15, -0.1) is 0 Å². The van der Waals surface area contributed by atoms with Crippen LogP contribution in [0.5, 0.6) is 5.75 Å². The zero-order valence-corrected chi connectivity index (χ0v) is 20.6. The van der Waals surface area contributed by atoms with Gasteiger partial charge in [-0.2, -0.15) is 0 Å². The van der Waals surface area contributed by atoms with Gasteiger partial charge in [0.2, 0.25) is 0 Å². The Hall–Kier alpha value is -3.71. The highest BCUT2D eigenvalue weighted by atomic mass is 79.9. The fraction of sp³-hybridized carbons (Fsp3) is 0.148. The number of carbonyl (C=O) groups is 3. The van der Waals surface area contributed by atoms with E-state index < -0.39 is 17.8 Å². The van der Waals surface area contributed by atoms with Crippen LogP contribution in [0.15, 0.2) is 70.7 Å². The molecule has 6 nitrogen and oxygen atoms in total. The van der Waals surface area contributed by atoms with E-state index in [0.29, 0.717) is 23.6 Å². The van der Waals surface area contributed by atoms with Crippen molar-refractivity contribution in [3.8, 4) is 5.75 Å². The molecule has 0 bridgehead atoms. The van der Waals surface area contributed by atoms with Crippen LogP contribution in [-0.4, -0.2) is 17.8 Å². The fourth-order valence-corrected chi connectivity index (χ4v) is 4.10.